The molecule has 0 bridgehead atoms. The van der Waals surface area contributed by atoms with Gasteiger partial charge in [0.2, 0.25) is 0 Å². The van der Waals surface area contributed by atoms with Crippen LogP contribution in [0.2, 0.25) is 0 Å². The highest BCUT2D eigenvalue weighted by molar-refractivity contribution is 5.86. The molecule has 6 heteroatoms. The molecule has 58 valence electrons. The smallest absolute Gasteiger partial charge is 0.0553 e. The zero-order chi connectivity index (χ0) is 3.41. The molecule has 0 aliphatic carbocycles. The monoisotopic (exact) mass is 205 g/mol. The van der Waals surface area contributed by atoms with Gasteiger partial charge in [-0.3, -0.25) is 0 Å². The van der Waals surface area contributed by atoms with Gasteiger partial charge in [0, 0.05) is 6.54 Å². The van der Waals surface area contributed by atoms with Crippen molar-refractivity contribution in [3.63, 3.8) is 0 Å². The first kappa shape index (κ1) is 35.6. The average Bonchev–Trinajstić information content (AvgIpc) is 1.37. The zero-order valence-corrected chi connectivity index (χ0v) is 7.34. The zero-order valence-electron chi connectivity index (χ0n) is 4.07. The van der Waals surface area contributed by atoms with E-state index in [2.05, 4.69) is 0 Å². The van der Waals surface area contributed by atoms with E-state index in [4.69, 9.17) is 10.8 Å². The Morgan fingerprint density at radius 2 is 1.12 bits per heavy atom. The van der Waals surface area contributed by atoms with Gasteiger partial charge in [0.05, 0.1) is 6.61 Å². The molecule has 0 spiro atoms. The molecular weight excluding hydrogens is 196 g/mol. The maximum absolute atomic E-state index is 7.75. The van der Waals surface area contributed by atoms with Gasteiger partial charge in [0.25, 0.3) is 0 Å². The van der Waals surface area contributed by atoms with Gasteiger partial charge in [-0.05, 0) is 0 Å². The van der Waals surface area contributed by atoms with Crippen molar-refractivity contribution >= 4 is 49.6 Å². The second kappa shape index (κ2) is 42.7. The molecule has 0 aromatic rings. The summed E-state index contributed by atoms with van der Waals surface area (Å²) in [5.41, 5.74) is 4.78. The molecule has 0 heterocycles. The van der Waals surface area contributed by atoms with E-state index in [-0.39, 0.29) is 56.2 Å². The van der Waals surface area contributed by atoms with Crippen LogP contribution in [0.25, 0.3) is 0 Å². The fourth-order valence-corrected chi connectivity index (χ4v) is 0. The quantitative estimate of drug-likeness (QED) is 0.662. The lowest BCUT2D eigenvalue weighted by Crippen LogP contribution is -2.02. The van der Waals surface area contributed by atoms with Crippen LogP contribution >= 0.6 is 49.6 Å². The maximum atomic E-state index is 7.75. The maximum Gasteiger partial charge on any atom is 0.0553 e. The van der Waals surface area contributed by atoms with E-state index in [1.807, 2.05) is 0 Å². The Bertz CT molecular complexity index is 16.0. The Labute approximate surface area is 73.9 Å². The standard InChI is InChI=1S/C2H7NO.4ClH/c3-1-2-4;;;;/h4H,1-3H2;4*1H. The van der Waals surface area contributed by atoms with Crippen LogP contribution in [0.15, 0.2) is 0 Å². The molecule has 0 radical (unpaired) electrons. The molecule has 0 aromatic carbocycles. The van der Waals surface area contributed by atoms with Gasteiger partial charge in [0.1, 0.15) is 0 Å². The Balaban J connectivity index is -0.00000000750. The van der Waals surface area contributed by atoms with Crippen molar-refractivity contribution in [3.8, 4) is 0 Å². The fourth-order valence-electron chi connectivity index (χ4n) is 0. The Morgan fingerprint density at radius 1 is 1.00 bits per heavy atom. The minimum absolute atomic E-state index is 0. The van der Waals surface area contributed by atoms with Crippen LogP contribution in [0.3, 0.4) is 0 Å². The van der Waals surface area contributed by atoms with Gasteiger partial charge in [-0.1, -0.05) is 0 Å². The highest BCUT2D eigenvalue weighted by Gasteiger charge is 1.56. The third-order valence-corrected chi connectivity index (χ3v) is 0.129. The highest BCUT2D eigenvalue weighted by Crippen LogP contribution is 1.33. The topological polar surface area (TPSA) is 46.2 Å². The van der Waals surface area contributed by atoms with Crippen LogP contribution in [0.4, 0.5) is 0 Å². The second-order valence-corrected chi connectivity index (χ2v) is 0.512. The first-order valence-electron chi connectivity index (χ1n) is 1.22. The number of hydrogen-bond donors (Lipinski definition) is 2. The summed E-state index contributed by atoms with van der Waals surface area (Å²) in [7, 11) is 0. The predicted octanol–water partition coefficient (Wildman–Crippen LogP) is 0.625. The first-order chi connectivity index (χ1) is 1.91. The molecule has 0 saturated heterocycles. The van der Waals surface area contributed by atoms with Crippen LogP contribution in [0, 0.1) is 0 Å². The summed E-state index contributed by atoms with van der Waals surface area (Å²) in [6.07, 6.45) is 0. The van der Waals surface area contributed by atoms with Crippen LogP contribution in [0.1, 0.15) is 0 Å². The van der Waals surface area contributed by atoms with E-state index in [1.54, 1.807) is 0 Å². The molecular formula is C2H11Cl4NO. The molecule has 0 unspecified atom stereocenters. The summed E-state index contributed by atoms with van der Waals surface area (Å²) in [5, 5.41) is 7.75. The summed E-state index contributed by atoms with van der Waals surface area (Å²) in [4.78, 5) is 0. The lowest BCUT2D eigenvalue weighted by molar-refractivity contribution is 0.306. The van der Waals surface area contributed by atoms with Crippen LogP contribution in [0.5, 0.6) is 0 Å². The SMILES string of the molecule is Cl.Cl.Cl.Cl.NCCO. The van der Waals surface area contributed by atoms with Gasteiger partial charge in [-0.2, -0.15) is 0 Å². The lowest BCUT2D eigenvalue weighted by atomic mass is 10.8. The molecule has 0 fully saturated rings. The average molecular weight is 207 g/mol. The Morgan fingerprint density at radius 3 is 1.12 bits per heavy atom. The van der Waals surface area contributed by atoms with Crippen molar-refractivity contribution in [3.05, 3.63) is 0 Å². The van der Waals surface area contributed by atoms with Crippen molar-refractivity contribution < 1.29 is 5.11 Å². The first-order valence-corrected chi connectivity index (χ1v) is 1.22. The number of halogens is 4. The van der Waals surface area contributed by atoms with E-state index >= 15 is 0 Å². The van der Waals surface area contributed by atoms with E-state index in [0.717, 1.165) is 0 Å². The third kappa shape index (κ3) is 60.5. The minimum Gasteiger partial charge on any atom is -0.395 e. The summed E-state index contributed by atoms with van der Waals surface area (Å²) >= 11 is 0. The van der Waals surface area contributed by atoms with Gasteiger partial charge in [-0.15, -0.1) is 49.6 Å². The van der Waals surface area contributed by atoms with E-state index < -0.39 is 0 Å². The Hall–Kier alpha value is 1.08. The summed E-state index contributed by atoms with van der Waals surface area (Å²) < 4.78 is 0. The molecule has 0 amide bonds. The van der Waals surface area contributed by atoms with E-state index in [1.165, 1.54) is 0 Å². The van der Waals surface area contributed by atoms with Gasteiger partial charge < -0.3 is 10.8 Å². The van der Waals surface area contributed by atoms with Crippen molar-refractivity contribution in [2.24, 2.45) is 5.73 Å². The van der Waals surface area contributed by atoms with Crippen molar-refractivity contribution in [1.82, 2.24) is 0 Å². The third-order valence-electron chi connectivity index (χ3n) is 0.129. The number of aliphatic hydroxyl groups excluding tert-OH is 1. The van der Waals surface area contributed by atoms with Gasteiger partial charge in [0.15, 0.2) is 0 Å². The number of nitrogens with two attached hydrogens (primary N) is 1. The minimum atomic E-state index is 0. The molecule has 8 heavy (non-hydrogen) atoms. The number of rotatable bonds is 1. The molecule has 0 saturated carbocycles. The summed E-state index contributed by atoms with van der Waals surface area (Å²) in [6, 6.07) is 0. The van der Waals surface area contributed by atoms with Crippen LogP contribution in [-0.4, -0.2) is 18.3 Å². The van der Waals surface area contributed by atoms with Crippen molar-refractivity contribution in [2.45, 2.75) is 0 Å². The fraction of sp³-hybridized carbons (Fsp3) is 1.00. The normalized spacial score (nSPS) is 3.75. The molecule has 0 aromatic heterocycles. The predicted molar refractivity (Wildman–Crippen MR) is 45.1 cm³/mol. The molecule has 0 aliphatic heterocycles. The molecule has 0 aliphatic rings. The van der Waals surface area contributed by atoms with Crippen LogP contribution < -0.4 is 5.73 Å². The molecule has 0 atom stereocenters. The lowest BCUT2D eigenvalue weighted by Gasteiger charge is -1.71. The van der Waals surface area contributed by atoms with Gasteiger partial charge in [-0.25, -0.2) is 0 Å². The summed E-state index contributed by atoms with van der Waals surface area (Å²) in [6.45, 7) is 0.472. The number of aliphatic hydroxyl groups is 1. The molecule has 2 nitrogen and oxygen atoms in total. The van der Waals surface area contributed by atoms with Crippen molar-refractivity contribution in [2.75, 3.05) is 13.2 Å². The number of hydrogen-bond acceptors (Lipinski definition) is 2. The largest absolute Gasteiger partial charge is 0.395 e. The highest BCUT2D eigenvalue weighted by atomic mass is 35.5. The van der Waals surface area contributed by atoms with E-state index in [9.17, 15) is 0 Å². The molecule has 0 rings (SSSR count). The van der Waals surface area contributed by atoms with Gasteiger partial charge >= 0.3 is 0 Å². The second-order valence-electron chi connectivity index (χ2n) is 0.512. The van der Waals surface area contributed by atoms with E-state index in [0.29, 0.717) is 6.54 Å². The molecule has 3 N–H and O–H groups in total. The van der Waals surface area contributed by atoms with Crippen LogP contribution in [-0.2, 0) is 0 Å². The summed E-state index contributed by atoms with van der Waals surface area (Å²) in [5.74, 6) is 0. The van der Waals surface area contributed by atoms with Crippen molar-refractivity contribution in [1.29, 1.82) is 0 Å². The Kier molecular flexibility index (Phi) is 190.